The molecule has 98 valence electrons. The minimum Gasteiger partial charge on any atom is -0.327 e. The fraction of sp³-hybridized carbons (Fsp3) is 0.364. The molecule has 0 N–H and O–H groups in total. The molecule has 7 heteroatoms. The van der Waals surface area contributed by atoms with Gasteiger partial charge in [0.2, 0.25) is 0 Å². The van der Waals surface area contributed by atoms with E-state index in [1.807, 2.05) is 0 Å². The summed E-state index contributed by atoms with van der Waals surface area (Å²) >= 11 is 11.5. The Morgan fingerprint density at radius 3 is 2.61 bits per heavy atom. The molecule has 0 spiro atoms. The van der Waals surface area contributed by atoms with E-state index in [9.17, 15) is 13.2 Å². The predicted molar refractivity (Wildman–Crippen MR) is 65.0 cm³/mol. The molecular formula is C11H9Cl2F3N2. The van der Waals surface area contributed by atoms with Crippen LogP contribution in [0.3, 0.4) is 0 Å². The van der Waals surface area contributed by atoms with Crippen LogP contribution >= 0.6 is 23.2 Å². The van der Waals surface area contributed by atoms with Crippen molar-refractivity contribution in [2.45, 2.75) is 25.0 Å². The fourth-order valence-corrected chi connectivity index (χ4v) is 2.11. The van der Waals surface area contributed by atoms with E-state index in [2.05, 4.69) is 4.98 Å². The van der Waals surface area contributed by atoms with Gasteiger partial charge in [0.05, 0.1) is 23.3 Å². The van der Waals surface area contributed by atoms with Gasteiger partial charge in [0.1, 0.15) is 5.82 Å². The van der Waals surface area contributed by atoms with Gasteiger partial charge in [-0.1, -0.05) is 11.6 Å². The number of halogens is 5. The topological polar surface area (TPSA) is 17.8 Å². The van der Waals surface area contributed by atoms with Crippen LogP contribution in [0.2, 0.25) is 5.02 Å². The first-order valence-electron chi connectivity index (χ1n) is 5.18. The summed E-state index contributed by atoms with van der Waals surface area (Å²) in [5.41, 5.74) is 1.17. The molecule has 2 aromatic rings. The first kappa shape index (κ1) is 13.5. The number of nitrogens with zero attached hydrogens (tertiary/aromatic N) is 2. The molecule has 2 rings (SSSR count). The molecule has 0 radical (unpaired) electrons. The van der Waals surface area contributed by atoms with E-state index in [4.69, 9.17) is 23.2 Å². The van der Waals surface area contributed by atoms with Gasteiger partial charge in [-0.3, -0.25) is 0 Å². The number of rotatable bonds is 3. The van der Waals surface area contributed by atoms with E-state index in [0.717, 1.165) is 0 Å². The average Bonchev–Trinajstić information content (AvgIpc) is 2.62. The Labute approximate surface area is 111 Å². The summed E-state index contributed by atoms with van der Waals surface area (Å²) in [6.45, 7) is -0.191. The number of alkyl halides is 4. The van der Waals surface area contributed by atoms with Gasteiger partial charge < -0.3 is 4.57 Å². The van der Waals surface area contributed by atoms with E-state index >= 15 is 0 Å². The molecule has 0 aliphatic heterocycles. The Kier molecular flexibility index (Phi) is 3.73. The van der Waals surface area contributed by atoms with Crippen LogP contribution in [0.1, 0.15) is 12.2 Å². The van der Waals surface area contributed by atoms with E-state index in [1.165, 1.54) is 4.57 Å². The highest BCUT2D eigenvalue weighted by Crippen LogP contribution is 2.25. The molecule has 0 atom stereocenters. The van der Waals surface area contributed by atoms with Gasteiger partial charge in [-0.2, -0.15) is 13.2 Å². The van der Waals surface area contributed by atoms with E-state index in [0.29, 0.717) is 21.9 Å². The Morgan fingerprint density at radius 1 is 1.28 bits per heavy atom. The lowest BCUT2D eigenvalue weighted by molar-refractivity contribution is -0.136. The summed E-state index contributed by atoms with van der Waals surface area (Å²) in [5, 5.41) is 0.490. The monoisotopic (exact) mass is 296 g/mol. The Balaban J connectivity index is 2.41. The summed E-state index contributed by atoms with van der Waals surface area (Å²) in [6.07, 6.45) is -5.11. The highest BCUT2D eigenvalue weighted by Gasteiger charge is 2.27. The lowest BCUT2D eigenvalue weighted by Crippen LogP contribution is -2.13. The van der Waals surface area contributed by atoms with E-state index in [1.54, 1.807) is 18.2 Å². The first-order valence-corrected chi connectivity index (χ1v) is 6.09. The third-order valence-electron chi connectivity index (χ3n) is 2.53. The summed E-state index contributed by atoms with van der Waals surface area (Å²) in [5.74, 6) is 0.475. The second-order valence-corrected chi connectivity index (χ2v) is 4.52. The zero-order chi connectivity index (χ0) is 13.3. The van der Waals surface area contributed by atoms with Crippen LogP contribution in [-0.4, -0.2) is 15.7 Å². The molecule has 0 fully saturated rings. The molecule has 1 aromatic heterocycles. The third-order valence-corrected chi connectivity index (χ3v) is 3.00. The Morgan fingerprint density at radius 2 is 2.00 bits per heavy atom. The normalized spacial score (nSPS) is 12.3. The summed E-state index contributed by atoms with van der Waals surface area (Å²) in [6, 6.07) is 4.88. The molecule has 0 aliphatic rings. The fourth-order valence-electron chi connectivity index (χ4n) is 1.74. The van der Waals surface area contributed by atoms with Crippen molar-refractivity contribution < 1.29 is 13.2 Å². The molecule has 0 amide bonds. The van der Waals surface area contributed by atoms with Crippen molar-refractivity contribution in [1.82, 2.24) is 9.55 Å². The molecule has 0 unspecified atom stereocenters. The molecule has 0 saturated carbocycles. The quantitative estimate of drug-likeness (QED) is 0.769. The van der Waals surface area contributed by atoms with Crippen LogP contribution in [0.15, 0.2) is 18.2 Å². The maximum atomic E-state index is 12.3. The van der Waals surface area contributed by atoms with Crippen molar-refractivity contribution >= 4 is 34.2 Å². The van der Waals surface area contributed by atoms with Gasteiger partial charge in [0.25, 0.3) is 0 Å². The number of hydrogen-bond donors (Lipinski definition) is 0. The van der Waals surface area contributed by atoms with Gasteiger partial charge >= 0.3 is 6.18 Å². The van der Waals surface area contributed by atoms with Crippen LogP contribution in [-0.2, 0) is 12.4 Å². The largest absolute Gasteiger partial charge is 0.390 e. The average molecular weight is 297 g/mol. The highest BCUT2D eigenvalue weighted by molar-refractivity contribution is 6.31. The number of aromatic nitrogens is 2. The molecular weight excluding hydrogens is 288 g/mol. The zero-order valence-corrected chi connectivity index (χ0v) is 10.6. The number of hydrogen-bond acceptors (Lipinski definition) is 1. The Hall–Kier alpha value is -0.940. The van der Waals surface area contributed by atoms with Crippen LogP contribution in [0.5, 0.6) is 0 Å². The van der Waals surface area contributed by atoms with Crippen LogP contribution in [0, 0.1) is 0 Å². The van der Waals surface area contributed by atoms with Gasteiger partial charge in [-0.25, -0.2) is 4.98 Å². The maximum Gasteiger partial charge on any atom is 0.390 e. The summed E-state index contributed by atoms with van der Waals surface area (Å²) < 4.78 is 38.3. The van der Waals surface area contributed by atoms with E-state index < -0.39 is 12.6 Å². The smallest absolute Gasteiger partial charge is 0.327 e. The second-order valence-electron chi connectivity index (χ2n) is 3.81. The number of aryl methyl sites for hydroxylation is 1. The molecule has 18 heavy (non-hydrogen) atoms. The highest BCUT2D eigenvalue weighted by atomic mass is 35.5. The van der Waals surface area contributed by atoms with Gasteiger partial charge in [0, 0.05) is 11.6 Å². The lowest BCUT2D eigenvalue weighted by Gasteiger charge is -2.10. The minimum atomic E-state index is -4.20. The zero-order valence-electron chi connectivity index (χ0n) is 9.14. The first-order chi connectivity index (χ1) is 8.40. The van der Waals surface area contributed by atoms with Crippen molar-refractivity contribution in [3.05, 3.63) is 29.0 Å². The second kappa shape index (κ2) is 4.97. The lowest BCUT2D eigenvalue weighted by atomic mass is 10.3. The molecule has 1 heterocycles. The van der Waals surface area contributed by atoms with Gasteiger partial charge in [-0.15, -0.1) is 11.6 Å². The van der Waals surface area contributed by atoms with Crippen molar-refractivity contribution in [2.24, 2.45) is 0 Å². The standard InChI is InChI=1S/C11H9Cl2F3N2/c12-6-10-17-8-5-7(13)1-2-9(8)18(10)4-3-11(14,15)16/h1-2,5H,3-4,6H2. The number of fused-ring (bicyclic) bond motifs is 1. The minimum absolute atomic E-state index is 0.0597. The van der Waals surface area contributed by atoms with Crippen molar-refractivity contribution in [3.63, 3.8) is 0 Å². The maximum absolute atomic E-state index is 12.3. The van der Waals surface area contributed by atoms with Crippen LogP contribution in [0.25, 0.3) is 11.0 Å². The van der Waals surface area contributed by atoms with Gasteiger partial charge in [-0.05, 0) is 18.2 Å². The Bertz CT molecular complexity index is 563. The van der Waals surface area contributed by atoms with Crippen LogP contribution < -0.4 is 0 Å². The number of benzene rings is 1. The SMILES string of the molecule is FC(F)(F)CCn1c(CCl)nc2cc(Cl)ccc21. The van der Waals surface area contributed by atoms with Crippen LogP contribution in [0.4, 0.5) is 13.2 Å². The third kappa shape index (κ3) is 2.90. The van der Waals surface area contributed by atoms with Crippen molar-refractivity contribution in [3.8, 4) is 0 Å². The van der Waals surface area contributed by atoms with E-state index in [-0.39, 0.29) is 12.4 Å². The van der Waals surface area contributed by atoms with Crippen molar-refractivity contribution in [1.29, 1.82) is 0 Å². The molecule has 0 bridgehead atoms. The summed E-state index contributed by atoms with van der Waals surface area (Å²) in [4.78, 5) is 4.17. The molecule has 2 nitrogen and oxygen atoms in total. The van der Waals surface area contributed by atoms with Crippen molar-refractivity contribution in [2.75, 3.05) is 0 Å². The molecule has 0 aliphatic carbocycles. The van der Waals surface area contributed by atoms with Gasteiger partial charge in [0.15, 0.2) is 0 Å². The number of imidazole rings is 1. The molecule has 0 saturated heterocycles. The molecule has 1 aromatic carbocycles. The summed E-state index contributed by atoms with van der Waals surface area (Å²) in [7, 11) is 0. The predicted octanol–water partition coefficient (Wildman–Crippen LogP) is 4.38.